The Morgan fingerprint density at radius 1 is 1.19 bits per heavy atom. The molecule has 0 radical (unpaired) electrons. The third kappa shape index (κ3) is 3.05. The third-order valence-corrected chi connectivity index (χ3v) is 3.20. The van der Waals surface area contributed by atoms with Crippen molar-refractivity contribution in [3.8, 4) is 0 Å². The van der Waals surface area contributed by atoms with Crippen LogP contribution in [0.1, 0.15) is 12.0 Å². The molecule has 0 aliphatic carbocycles. The average Bonchev–Trinajstić information content (AvgIpc) is 2.50. The first kappa shape index (κ1) is 14.6. The van der Waals surface area contributed by atoms with E-state index in [9.17, 15) is 19.7 Å². The number of nitrogens with zero attached hydrogens (tertiary/aromatic N) is 1. The fourth-order valence-corrected chi connectivity index (χ4v) is 2.18. The Balaban J connectivity index is 2.36. The Bertz CT molecular complexity index is 723. The summed E-state index contributed by atoms with van der Waals surface area (Å²) in [5, 5.41) is 12.6. The number of fused-ring (bicyclic) bond motifs is 1. The number of carbonyl (C=O) groups excluding carboxylic acids is 2. The molecule has 0 aliphatic heterocycles. The van der Waals surface area contributed by atoms with Crippen LogP contribution < -0.4 is 0 Å². The minimum atomic E-state index is -0.932. The first-order valence-electron chi connectivity index (χ1n) is 6.30. The van der Waals surface area contributed by atoms with Crippen LogP contribution in [-0.4, -0.2) is 23.8 Å². The number of benzene rings is 2. The molecule has 0 fully saturated rings. The maximum absolute atomic E-state index is 11.4. The molecule has 0 N–H and O–H groups in total. The van der Waals surface area contributed by atoms with E-state index in [1.165, 1.54) is 0 Å². The van der Waals surface area contributed by atoms with Gasteiger partial charge in [-0.05, 0) is 17.9 Å². The lowest BCUT2D eigenvalue weighted by Gasteiger charge is -2.06. The van der Waals surface area contributed by atoms with Crippen LogP contribution in [0.2, 0.25) is 0 Å². The number of rotatable bonds is 5. The molecule has 0 atom stereocenters. The Hall–Kier alpha value is -2.76. The zero-order valence-corrected chi connectivity index (χ0v) is 11.4. The fourth-order valence-electron chi connectivity index (χ4n) is 2.18. The molecule has 0 aliphatic rings. The molecule has 0 aromatic heterocycles. The molecular formula is C15H13NO5. The second-order valence-electron chi connectivity index (χ2n) is 4.47. The number of esters is 1. The number of nitro benzene ring substituents is 1. The summed E-state index contributed by atoms with van der Waals surface area (Å²) in [6.07, 6.45) is 0.000927. The number of ketones is 1. The van der Waals surface area contributed by atoms with Gasteiger partial charge >= 0.3 is 5.97 Å². The molecule has 0 heterocycles. The molecule has 2 aromatic carbocycles. The molecule has 0 saturated heterocycles. The molecule has 2 rings (SSSR count). The topological polar surface area (TPSA) is 86.5 Å². The average molecular weight is 287 g/mol. The summed E-state index contributed by atoms with van der Waals surface area (Å²) in [6, 6.07) is 10.3. The van der Waals surface area contributed by atoms with Gasteiger partial charge in [-0.1, -0.05) is 30.3 Å². The van der Waals surface area contributed by atoms with Crippen molar-refractivity contribution < 1.29 is 19.2 Å². The fraction of sp³-hybridized carbons (Fsp3) is 0.200. The van der Waals surface area contributed by atoms with Gasteiger partial charge in [0.15, 0.2) is 0 Å². The number of hydrogen-bond donors (Lipinski definition) is 0. The van der Waals surface area contributed by atoms with Crippen molar-refractivity contribution in [2.45, 2.75) is 12.8 Å². The summed E-state index contributed by atoms with van der Waals surface area (Å²) in [7, 11) is 1.12. The number of aryl methyl sites for hydroxylation is 1. The Labute approximate surface area is 120 Å². The highest BCUT2D eigenvalue weighted by Crippen LogP contribution is 2.30. The van der Waals surface area contributed by atoms with E-state index < -0.39 is 16.7 Å². The van der Waals surface area contributed by atoms with E-state index >= 15 is 0 Å². The van der Waals surface area contributed by atoms with Gasteiger partial charge in [-0.25, -0.2) is 4.79 Å². The van der Waals surface area contributed by atoms with E-state index in [0.717, 1.165) is 12.5 Å². The lowest BCUT2D eigenvalue weighted by molar-refractivity contribution is -0.383. The van der Waals surface area contributed by atoms with Crippen LogP contribution in [0.5, 0.6) is 0 Å². The van der Waals surface area contributed by atoms with Crippen LogP contribution in [-0.2, 0) is 20.7 Å². The van der Waals surface area contributed by atoms with E-state index in [2.05, 4.69) is 4.74 Å². The number of methoxy groups -OCH3 is 1. The van der Waals surface area contributed by atoms with E-state index in [4.69, 9.17) is 0 Å². The number of Topliss-reactive ketones (excluding diaryl/α,β-unsaturated/α-hetero) is 1. The summed E-state index contributed by atoms with van der Waals surface area (Å²) < 4.78 is 4.33. The van der Waals surface area contributed by atoms with Gasteiger partial charge in [0.1, 0.15) is 0 Å². The number of carbonyl (C=O) groups is 2. The van der Waals surface area contributed by atoms with Crippen LogP contribution >= 0.6 is 0 Å². The van der Waals surface area contributed by atoms with E-state index in [-0.39, 0.29) is 18.5 Å². The molecule has 6 heteroatoms. The van der Waals surface area contributed by atoms with Gasteiger partial charge in [0, 0.05) is 12.0 Å². The smallest absolute Gasteiger partial charge is 0.374 e. The zero-order valence-electron chi connectivity index (χ0n) is 11.4. The standard InChI is InChI=1S/C15H13NO5/c1-21-15(18)13(17)9-8-11-7-6-10-4-2-3-5-12(10)14(11)16(19)20/h2-7H,8-9H2,1H3. The Morgan fingerprint density at radius 3 is 2.57 bits per heavy atom. The highest BCUT2D eigenvalue weighted by molar-refractivity contribution is 6.33. The first-order chi connectivity index (χ1) is 10.0. The van der Waals surface area contributed by atoms with Crippen molar-refractivity contribution >= 4 is 28.2 Å². The van der Waals surface area contributed by atoms with Crippen LogP contribution in [0.3, 0.4) is 0 Å². The maximum Gasteiger partial charge on any atom is 0.374 e. The van der Waals surface area contributed by atoms with Crippen molar-refractivity contribution in [3.63, 3.8) is 0 Å². The quantitative estimate of drug-likeness (QED) is 0.365. The zero-order chi connectivity index (χ0) is 15.4. The van der Waals surface area contributed by atoms with Gasteiger partial charge in [-0.2, -0.15) is 0 Å². The second-order valence-corrected chi connectivity index (χ2v) is 4.47. The second kappa shape index (κ2) is 6.13. The summed E-state index contributed by atoms with van der Waals surface area (Å²) in [4.78, 5) is 33.3. The molecule has 108 valence electrons. The normalized spacial score (nSPS) is 10.3. The molecule has 0 amide bonds. The van der Waals surface area contributed by atoms with Gasteiger partial charge in [0.25, 0.3) is 5.69 Å². The first-order valence-corrected chi connectivity index (χ1v) is 6.30. The SMILES string of the molecule is COC(=O)C(=O)CCc1ccc2ccccc2c1[N+](=O)[O-]. The Morgan fingerprint density at radius 2 is 1.90 bits per heavy atom. The highest BCUT2D eigenvalue weighted by Gasteiger charge is 2.20. The third-order valence-electron chi connectivity index (χ3n) is 3.20. The maximum atomic E-state index is 11.4. The molecule has 0 spiro atoms. The number of ether oxygens (including phenoxy) is 1. The van der Waals surface area contributed by atoms with E-state index in [1.54, 1.807) is 36.4 Å². The molecular weight excluding hydrogens is 274 g/mol. The molecule has 0 saturated carbocycles. The van der Waals surface area contributed by atoms with Crippen molar-refractivity contribution in [1.29, 1.82) is 0 Å². The predicted molar refractivity (Wildman–Crippen MR) is 75.9 cm³/mol. The lowest BCUT2D eigenvalue weighted by atomic mass is 10.00. The summed E-state index contributed by atoms with van der Waals surface area (Å²) in [5.74, 6) is -1.63. The number of hydrogen-bond acceptors (Lipinski definition) is 5. The molecule has 2 aromatic rings. The molecule has 0 bridgehead atoms. The van der Waals surface area contributed by atoms with Gasteiger partial charge in [0.05, 0.1) is 17.4 Å². The highest BCUT2D eigenvalue weighted by atomic mass is 16.6. The van der Waals surface area contributed by atoms with Crippen molar-refractivity contribution in [1.82, 2.24) is 0 Å². The molecule has 0 unspecified atom stereocenters. The van der Waals surface area contributed by atoms with Crippen molar-refractivity contribution in [2.75, 3.05) is 7.11 Å². The summed E-state index contributed by atoms with van der Waals surface area (Å²) in [6.45, 7) is 0. The largest absolute Gasteiger partial charge is 0.463 e. The van der Waals surface area contributed by atoms with Gasteiger partial charge in [0.2, 0.25) is 5.78 Å². The molecule has 21 heavy (non-hydrogen) atoms. The van der Waals surface area contributed by atoms with Crippen LogP contribution in [0, 0.1) is 10.1 Å². The van der Waals surface area contributed by atoms with Crippen molar-refractivity contribution in [2.24, 2.45) is 0 Å². The van der Waals surface area contributed by atoms with E-state index in [0.29, 0.717) is 10.9 Å². The Kier molecular flexibility index (Phi) is 4.27. The van der Waals surface area contributed by atoms with Crippen LogP contribution in [0.4, 0.5) is 5.69 Å². The molecule has 6 nitrogen and oxygen atoms in total. The lowest BCUT2D eigenvalue weighted by Crippen LogP contribution is -2.16. The number of nitro groups is 1. The summed E-state index contributed by atoms with van der Waals surface area (Å²) >= 11 is 0. The van der Waals surface area contributed by atoms with Gasteiger partial charge in [-0.3, -0.25) is 14.9 Å². The predicted octanol–water partition coefficient (Wildman–Crippen LogP) is 2.42. The van der Waals surface area contributed by atoms with Crippen molar-refractivity contribution in [3.05, 3.63) is 52.1 Å². The monoisotopic (exact) mass is 287 g/mol. The minimum absolute atomic E-state index is 0.0224. The van der Waals surface area contributed by atoms with E-state index in [1.807, 2.05) is 0 Å². The van der Waals surface area contributed by atoms with Gasteiger partial charge < -0.3 is 4.74 Å². The summed E-state index contributed by atoms with van der Waals surface area (Å²) in [5.41, 5.74) is 0.404. The van der Waals surface area contributed by atoms with Crippen LogP contribution in [0.15, 0.2) is 36.4 Å². The minimum Gasteiger partial charge on any atom is -0.463 e. The van der Waals surface area contributed by atoms with Gasteiger partial charge in [-0.15, -0.1) is 0 Å². The van der Waals surface area contributed by atoms with Crippen LogP contribution in [0.25, 0.3) is 10.8 Å².